The van der Waals surface area contributed by atoms with Gasteiger partial charge in [0.05, 0.1) is 19.4 Å². The summed E-state index contributed by atoms with van der Waals surface area (Å²) in [4.78, 5) is 3.46. The molecular formula is C19H18N4OS. The van der Waals surface area contributed by atoms with Gasteiger partial charge in [0.2, 0.25) is 5.95 Å². The minimum atomic E-state index is 0.645. The van der Waals surface area contributed by atoms with E-state index in [1.807, 2.05) is 54.1 Å². The number of hydrogen-bond donors (Lipinski definition) is 0. The number of furan rings is 1. The number of anilines is 1. The first kappa shape index (κ1) is 15.7. The Morgan fingerprint density at radius 1 is 1.00 bits per heavy atom. The zero-order chi connectivity index (χ0) is 17.1. The van der Waals surface area contributed by atoms with Gasteiger partial charge in [-0.1, -0.05) is 36.4 Å². The summed E-state index contributed by atoms with van der Waals surface area (Å²) in [5.74, 6) is 2.58. The van der Waals surface area contributed by atoms with E-state index < -0.39 is 0 Å². The van der Waals surface area contributed by atoms with Crippen LogP contribution in [0.15, 0.2) is 70.7 Å². The van der Waals surface area contributed by atoms with Crippen LogP contribution in [0.4, 0.5) is 5.95 Å². The van der Waals surface area contributed by atoms with Crippen LogP contribution in [0.1, 0.15) is 10.6 Å². The third-order valence-corrected chi connectivity index (χ3v) is 4.88. The van der Waals surface area contributed by atoms with Gasteiger partial charge in [0.25, 0.3) is 0 Å². The normalized spacial score (nSPS) is 10.9. The Kier molecular flexibility index (Phi) is 4.35. The molecule has 6 heteroatoms. The van der Waals surface area contributed by atoms with Gasteiger partial charge in [-0.2, -0.15) is 0 Å². The molecule has 0 amide bonds. The standard InChI is InChI=1S/C19H18N4OS/c1-22-18(15-7-3-2-4-8-15)20-21-19(22)23(13-16-9-5-11-24-16)14-17-10-6-12-25-17/h2-12H,13-14H2,1H3. The second-order valence-corrected chi connectivity index (χ2v) is 6.80. The first-order chi connectivity index (χ1) is 12.3. The maximum atomic E-state index is 5.54. The zero-order valence-electron chi connectivity index (χ0n) is 13.9. The summed E-state index contributed by atoms with van der Waals surface area (Å²) < 4.78 is 7.57. The minimum Gasteiger partial charge on any atom is -0.467 e. The smallest absolute Gasteiger partial charge is 0.227 e. The Morgan fingerprint density at radius 3 is 2.60 bits per heavy atom. The van der Waals surface area contributed by atoms with Crippen LogP contribution in [0, 0.1) is 0 Å². The number of aromatic nitrogens is 3. The average Bonchev–Trinajstić information content (AvgIpc) is 3.37. The summed E-state index contributed by atoms with van der Waals surface area (Å²) >= 11 is 1.74. The van der Waals surface area contributed by atoms with Crippen molar-refractivity contribution in [3.8, 4) is 11.4 Å². The van der Waals surface area contributed by atoms with Gasteiger partial charge in [-0.05, 0) is 23.6 Å². The fourth-order valence-corrected chi connectivity index (χ4v) is 3.53. The lowest BCUT2D eigenvalue weighted by Crippen LogP contribution is -2.24. The Labute approximate surface area is 150 Å². The first-order valence-corrected chi connectivity index (χ1v) is 8.94. The molecular weight excluding hydrogens is 332 g/mol. The van der Waals surface area contributed by atoms with Crippen LogP contribution in [0.5, 0.6) is 0 Å². The van der Waals surface area contributed by atoms with Crippen LogP contribution in [-0.2, 0) is 20.1 Å². The monoisotopic (exact) mass is 350 g/mol. The van der Waals surface area contributed by atoms with Crippen molar-refractivity contribution in [2.45, 2.75) is 13.1 Å². The van der Waals surface area contributed by atoms with Crippen molar-refractivity contribution < 1.29 is 4.42 Å². The molecule has 0 aliphatic rings. The highest BCUT2D eigenvalue weighted by Crippen LogP contribution is 2.24. The van der Waals surface area contributed by atoms with Crippen molar-refractivity contribution in [3.63, 3.8) is 0 Å². The lowest BCUT2D eigenvalue weighted by Gasteiger charge is -2.21. The summed E-state index contributed by atoms with van der Waals surface area (Å²) in [5.41, 5.74) is 1.05. The Balaban J connectivity index is 1.68. The van der Waals surface area contributed by atoms with Crippen molar-refractivity contribution in [2.24, 2.45) is 7.05 Å². The summed E-state index contributed by atoms with van der Waals surface area (Å²) in [6.07, 6.45) is 1.70. The second-order valence-electron chi connectivity index (χ2n) is 5.76. The summed E-state index contributed by atoms with van der Waals surface area (Å²) in [7, 11) is 2.00. The average molecular weight is 350 g/mol. The summed E-state index contributed by atoms with van der Waals surface area (Å²) in [6.45, 7) is 1.41. The van der Waals surface area contributed by atoms with E-state index in [-0.39, 0.29) is 0 Å². The molecule has 3 aromatic heterocycles. The Bertz CT molecular complexity index is 878. The molecule has 0 saturated heterocycles. The number of thiophene rings is 1. The molecule has 0 aliphatic carbocycles. The molecule has 0 bridgehead atoms. The van der Waals surface area contributed by atoms with Gasteiger partial charge in [0.1, 0.15) is 5.76 Å². The van der Waals surface area contributed by atoms with Crippen LogP contribution in [0.2, 0.25) is 0 Å². The number of nitrogens with zero attached hydrogens (tertiary/aromatic N) is 4. The first-order valence-electron chi connectivity index (χ1n) is 8.06. The van der Waals surface area contributed by atoms with Crippen LogP contribution in [0.3, 0.4) is 0 Å². The van der Waals surface area contributed by atoms with Crippen LogP contribution < -0.4 is 4.90 Å². The highest BCUT2D eigenvalue weighted by Gasteiger charge is 2.19. The van der Waals surface area contributed by atoms with Crippen LogP contribution in [0.25, 0.3) is 11.4 Å². The highest BCUT2D eigenvalue weighted by molar-refractivity contribution is 7.09. The third kappa shape index (κ3) is 3.34. The van der Waals surface area contributed by atoms with E-state index in [0.717, 1.165) is 29.6 Å². The summed E-state index contributed by atoms with van der Waals surface area (Å²) in [6, 6.07) is 18.2. The molecule has 25 heavy (non-hydrogen) atoms. The fourth-order valence-electron chi connectivity index (χ4n) is 2.81. The molecule has 0 N–H and O–H groups in total. The fraction of sp³-hybridized carbons (Fsp3) is 0.158. The van der Waals surface area contributed by atoms with Gasteiger partial charge < -0.3 is 9.32 Å². The molecule has 0 aliphatic heterocycles. The predicted molar refractivity (Wildman–Crippen MR) is 99.4 cm³/mol. The second kappa shape index (κ2) is 6.94. The zero-order valence-corrected chi connectivity index (χ0v) is 14.7. The van der Waals surface area contributed by atoms with E-state index in [1.54, 1.807) is 17.6 Å². The van der Waals surface area contributed by atoms with Gasteiger partial charge in [-0.15, -0.1) is 21.5 Å². The van der Waals surface area contributed by atoms with Gasteiger partial charge >= 0.3 is 0 Å². The molecule has 0 saturated carbocycles. The van der Waals surface area contributed by atoms with E-state index in [4.69, 9.17) is 4.42 Å². The number of benzene rings is 1. The van der Waals surface area contributed by atoms with Crippen molar-refractivity contribution in [1.82, 2.24) is 14.8 Å². The van der Waals surface area contributed by atoms with Crippen LogP contribution >= 0.6 is 11.3 Å². The van der Waals surface area contributed by atoms with Gasteiger partial charge in [-0.25, -0.2) is 0 Å². The van der Waals surface area contributed by atoms with Crippen molar-refractivity contribution in [1.29, 1.82) is 0 Å². The van der Waals surface area contributed by atoms with Crippen molar-refractivity contribution in [2.75, 3.05) is 4.90 Å². The lowest BCUT2D eigenvalue weighted by atomic mass is 10.2. The molecule has 3 heterocycles. The molecule has 126 valence electrons. The van der Waals surface area contributed by atoms with E-state index in [1.165, 1.54) is 4.88 Å². The highest BCUT2D eigenvalue weighted by atomic mass is 32.1. The molecule has 0 spiro atoms. The Hall–Kier alpha value is -2.86. The van der Waals surface area contributed by atoms with E-state index >= 15 is 0 Å². The van der Waals surface area contributed by atoms with E-state index in [9.17, 15) is 0 Å². The Morgan fingerprint density at radius 2 is 1.88 bits per heavy atom. The minimum absolute atomic E-state index is 0.645. The molecule has 4 aromatic rings. The molecule has 5 nitrogen and oxygen atoms in total. The molecule has 1 aromatic carbocycles. The maximum Gasteiger partial charge on any atom is 0.227 e. The topological polar surface area (TPSA) is 47.1 Å². The molecule has 0 radical (unpaired) electrons. The number of hydrogen-bond acceptors (Lipinski definition) is 5. The van der Waals surface area contributed by atoms with E-state index in [0.29, 0.717) is 6.54 Å². The number of rotatable bonds is 6. The lowest BCUT2D eigenvalue weighted by molar-refractivity contribution is 0.498. The molecule has 4 rings (SSSR count). The van der Waals surface area contributed by atoms with Crippen molar-refractivity contribution >= 4 is 17.3 Å². The largest absolute Gasteiger partial charge is 0.467 e. The summed E-state index contributed by atoms with van der Waals surface area (Å²) in [5, 5.41) is 11.0. The maximum absolute atomic E-state index is 5.54. The molecule has 0 unspecified atom stereocenters. The van der Waals surface area contributed by atoms with E-state index in [2.05, 4.69) is 32.6 Å². The van der Waals surface area contributed by atoms with Crippen molar-refractivity contribution in [3.05, 3.63) is 76.9 Å². The van der Waals surface area contributed by atoms with Gasteiger partial charge in [0, 0.05) is 17.5 Å². The van der Waals surface area contributed by atoms with Gasteiger partial charge in [-0.3, -0.25) is 4.57 Å². The third-order valence-electron chi connectivity index (χ3n) is 4.02. The predicted octanol–water partition coefficient (Wildman–Crippen LogP) is 4.34. The van der Waals surface area contributed by atoms with Crippen LogP contribution in [-0.4, -0.2) is 14.8 Å². The van der Waals surface area contributed by atoms with Gasteiger partial charge in [0.15, 0.2) is 5.82 Å². The quantitative estimate of drug-likeness (QED) is 0.519. The molecule has 0 atom stereocenters. The SMILES string of the molecule is Cn1c(-c2ccccc2)nnc1N(Cc1ccco1)Cc1cccs1. The molecule has 0 fully saturated rings.